The second kappa shape index (κ2) is 9.80. The molecule has 1 aliphatic heterocycles. The van der Waals surface area contributed by atoms with Crippen LogP contribution in [0, 0.1) is 5.92 Å². The number of hydrogen-bond acceptors (Lipinski definition) is 4. The standard InChI is InChI=1S/C20H31NO3/c1-3-4-11-17-15(2)24-20(22)18(21)12-8-13-19(17)23-14-16-9-6-5-7-10-16/h5-7,9-10,15,17-19H,3-4,8,11-14,21H2,1-2H3/t15-,17-,18-,19-/m0/s1. The summed E-state index contributed by atoms with van der Waals surface area (Å²) >= 11 is 0. The Morgan fingerprint density at radius 2 is 2.00 bits per heavy atom. The lowest BCUT2D eigenvalue weighted by atomic mass is 9.88. The average molecular weight is 333 g/mol. The van der Waals surface area contributed by atoms with Crippen LogP contribution in [0.1, 0.15) is 57.9 Å². The van der Waals surface area contributed by atoms with Gasteiger partial charge in [-0.15, -0.1) is 0 Å². The maximum atomic E-state index is 12.0. The maximum Gasteiger partial charge on any atom is 0.323 e. The fourth-order valence-corrected chi connectivity index (χ4v) is 3.38. The highest BCUT2D eigenvalue weighted by Crippen LogP contribution is 2.28. The Morgan fingerprint density at radius 3 is 2.71 bits per heavy atom. The molecule has 1 aromatic carbocycles. The first kappa shape index (κ1) is 18.9. The van der Waals surface area contributed by atoms with Crippen LogP contribution in [0.2, 0.25) is 0 Å². The molecule has 1 aromatic rings. The third-order valence-corrected chi connectivity index (χ3v) is 4.89. The van der Waals surface area contributed by atoms with E-state index in [-0.39, 0.29) is 24.1 Å². The van der Waals surface area contributed by atoms with Crippen LogP contribution in [0.3, 0.4) is 0 Å². The van der Waals surface area contributed by atoms with Gasteiger partial charge in [0, 0.05) is 5.92 Å². The zero-order valence-corrected chi connectivity index (χ0v) is 14.9. The molecule has 2 rings (SSSR count). The number of carbonyl (C=O) groups is 1. The smallest absolute Gasteiger partial charge is 0.323 e. The van der Waals surface area contributed by atoms with E-state index in [0.29, 0.717) is 13.0 Å². The van der Waals surface area contributed by atoms with Crippen molar-refractivity contribution in [3.63, 3.8) is 0 Å². The van der Waals surface area contributed by atoms with Crippen LogP contribution < -0.4 is 5.73 Å². The quantitative estimate of drug-likeness (QED) is 0.804. The van der Waals surface area contributed by atoms with Crippen LogP contribution in [0.25, 0.3) is 0 Å². The predicted octanol–water partition coefficient (Wildman–Crippen LogP) is 3.82. The Balaban J connectivity index is 2.07. The second-order valence-corrected chi connectivity index (χ2v) is 6.82. The van der Waals surface area contributed by atoms with Crippen molar-refractivity contribution in [3.05, 3.63) is 35.9 Å². The zero-order valence-electron chi connectivity index (χ0n) is 14.9. The molecule has 4 heteroatoms. The van der Waals surface area contributed by atoms with Crippen LogP contribution >= 0.6 is 0 Å². The first-order valence-electron chi connectivity index (χ1n) is 9.23. The van der Waals surface area contributed by atoms with Gasteiger partial charge in [-0.05, 0) is 38.2 Å². The first-order chi connectivity index (χ1) is 11.6. The van der Waals surface area contributed by atoms with Gasteiger partial charge in [0.1, 0.15) is 12.1 Å². The molecule has 1 saturated heterocycles. The van der Waals surface area contributed by atoms with Gasteiger partial charge in [-0.25, -0.2) is 0 Å². The van der Waals surface area contributed by atoms with Crippen LogP contribution in [0.4, 0.5) is 0 Å². The largest absolute Gasteiger partial charge is 0.461 e. The summed E-state index contributed by atoms with van der Waals surface area (Å²) in [6.07, 6.45) is 5.68. The summed E-state index contributed by atoms with van der Waals surface area (Å²) in [6, 6.07) is 9.72. The molecular formula is C20H31NO3. The molecule has 0 aromatic heterocycles. The van der Waals surface area contributed by atoms with Gasteiger partial charge < -0.3 is 15.2 Å². The highest BCUT2D eigenvalue weighted by atomic mass is 16.5. The molecule has 2 N–H and O–H groups in total. The van der Waals surface area contributed by atoms with Crippen LogP contribution in [0.15, 0.2) is 30.3 Å². The Morgan fingerprint density at radius 1 is 1.25 bits per heavy atom. The monoisotopic (exact) mass is 333 g/mol. The van der Waals surface area contributed by atoms with E-state index < -0.39 is 6.04 Å². The second-order valence-electron chi connectivity index (χ2n) is 6.82. The average Bonchev–Trinajstić information content (AvgIpc) is 2.63. The van der Waals surface area contributed by atoms with E-state index in [1.54, 1.807) is 0 Å². The van der Waals surface area contributed by atoms with Gasteiger partial charge in [0.25, 0.3) is 0 Å². The number of rotatable bonds is 6. The number of unbranched alkanes of at least 4 members (excludes halogenated alkanes) is 1. The molecule has 0 bridgehead atoms. The highest BCUT2D eigenvalue weighted by Gasteiger charge is 2.32. The molecule has 0 aliphatic carbocycles. The maximum absolute atomic E-state index is 12.0. The SMILES string of the molecule is CCCC[C@H]1[C@H](C)OC(=O)[C@@H](N)CCC[C@@H]1OCc1ccccc1. The molecule has 1 fully saturated rings. The van der Waals surface area contributed by atoms with Gasteiger partial charge in [0.2, 0.25) is 0 Å². The molecule has 0 amide bonds. The fraction of sp³-hybridized carbons (Fsp3) is 0.650. The van der Waals surface area contributed by atoms with Crippen LogP contribution in [0.5, 0.6) is 0 Å². The van der Waals surface area contributed by atoms with Gasteiger partial charge in [0.05, 0.1) is 12.7 Å². The van der Waals surface area contributed by atoms with E-state index >= 15 is 0 Å². The van der Waals surface area contributed by atoms with Crippen molar-refractivity contribution in [1.29, 1.82) is 0 Å². The van der Waals surface area contributed by atoms with E-state index in [2.05, 4.69) is 19.1 Å². The molecule has 134 valence electrons. The lowest BCUT2D eigenvalue weighted by Gasteiger charge is -2.31. The molecule has 0 spiro atoms. The molecule has 1 heterocycles. The Kier molecular flexibility index (Phi) is 7.73. The minimum Gasteiger partial charge on any atom is -0.461 e. The lowest BCUT2D eigenvalue weighted by Crippen LogP contribution is -2.38. The summed E-state index contributed by atoms with van der Waals surface area (Å²) in [4.78, 5) is 12.0. The molecule has 1 aliphatic rings. The highest BCUT2D eigenvalue weighted by molar-refractivity contribution is 5.75. The van der Waals surface area contributed by atoms with E-state index in [4.69, 9.17) is 15.2 Å². The number of esters is 1. The van der Waals surface area contributed by atoms with Crippen molar-refractivity contribution >= 4 is 5.97 Å². The molecule has 24 heavy (non-hydrogen) atoms. The van der Waals surface area contributed by atoms with Gasteiger partial charge >= 0.3 is 5.97 Å². The topological polar surface area (TPSA) is 61.5 Å². The van der Waals surface area contributed by atoms with Crippen molar-refractivity contribution in [2.45, 2.75) is 77.2 Å². The predicted molar refractivity (Wildman–Crippen MR) is 95.4 cm³/mol. The van der Waals surface area contributed by atoms with Crippen molar-refractivity contribution < 1.29 is 14.3 Å². The molecule has 0 saturated carbocycles. The van der Waals surface area contributed by atoms with Crippen molar-refractivity contribution in [1.82, 2.24) is 0 Å². The minimum atomic E-state index is -0.507. The van der Waals surface area contributed by atoms with Crippen LogP contribution in [-0.4, -0.2) is 24.2 Å². The molecule has 0 radical (unpaired) electrons. The molecule has 4 atom stereocenters. The number of cyclic esters (lactones) is 1. The van der Waals surface area contributed by atoms with Gasteiger partial charge in [-0.2, -0.15) is 0 Å². The van der Waals surface area contributed by atoms with E-state index in [9.17, 15) is 4.79 Å². The number of ether oxygens (including phenoxy) is 2. The van der Waals surface area contributed by atoms with E-state index in [1.807, 2.05) is 25.1 Å². The van der Waals surface area contributed by atoms with Crippen molar-refractivity contribution in [2.24, 2.45) is 11.7 Å². The van der Waals surface area contributed by atoms with Crippen LogP contribution in [-0.2, 0) is 20.9 Å². The number of benzene rings is 1. The van der Waals surface area contributed by atoms with E-state index in [1.165, 1.54) is 5.56 Å². The Bertz CT molecular complexity index is 491. The summed E-state index contributed by atoms with van der Waals surface area (Å²) in [6.45, 7) is 4.76. The minimum absolute atomic E-state index is 0.102. The van der Waals surface area contributed by atoms with Crippen molar-refractivity contribution in [3.8, 4) is 0 Å². The van der Waals surface area contributed by atoms with Gasteiger partial charge in [-0.1, -0.05) is 50.1 Å². The van der Waals surface area contributed by atoms with Crippen molar-refractivity contribution in [2.75, 3.05) is 0 Å². The molecule has 0 unspecified atom stereocenters. The fourth-order valence-electron chi connectivity index (χ4n) is 3.38. The Hall–Kier alpha value is -1.39. The number of hydrogen-bond donors (Lipinski definition) is 1. The summed E-state index contributed by atoms with van der Waals surface area (Å²) in [5.74, 6) is -0.0457. The normalized spacial score (nSPS) is 28.5. The summed E-state index contributed by atoms with van der Waals surface area (Å²) < 4.78 is 11.9. The zero-order chi connectivity index (χ0) is 17.4. The third-order valence-electron chi connectivity index (χ3n) is 4.89. The summed E-state index contributed by atoms with van der Waals surface area (Å²) in [5, 5.41) is 0. The summed E-state index contributed by atoms with van der Waals surface area (Å²) in [5.41, 5.74) is 7.09. The number of nitrogens with two attached hydrogens (primary N) is 1. The van der Waals surface area contributed by atoms with Gasteiger partial charge in [0.15, 0.2) is 0 Å². The van der Waals surface area contributed by atoms with Gasteiger partial charge in [-0.3, -0.25) is 4.79 Å². The lowest BCUT2D eigenvalue weighted by molar-refractivity contribution is -0.155. The summed E-state index contributed by atoms with van der Waals surface area (Å²) in [7, 11) is 0. The third kappa shape index (κ3) is 5.60. The van der Waals surface area contributed by atoms with E-state index in [0.717, 1.165) is 32.1 Å². The molecule has 4 nitrogen and oxygen atoms in total. The Labute approximate surface area is 145 Å². The first-order valence-corrected chi connectivity index (χ1v) is 9.23. The number of carbonyl (C=O) groups excluding carboxylic acids is 1. The molecular weight excluding hydrogens is 302 g/mol.